The van der Waals surface area contributed by atoms with Crippen molar-refractivity contribution < 1.29 is 4.79 Å². The molecule has 0 fully saturated rings. The van der Waals surface area contributed by atoms with Crippen LogP contribution in [0.1, 0.15) is 15.9 Å². The number of fused-ring (bicyclic) bond motifs is 1. The highest BCUT2D eigenvalue weighted by Crippen LogP contribution is 2.23. The van der Waals surface area contributed by atoms with E-state index in [0.717, 1.165) is 31.6 Å². The second kappa shape index (κ2) is 4.75. The van der Waals surface area contributed by atoms with Crippen LogP contribution in [0.25, 0.3) is 0 Å². The van der Waals surface area contributed by atoms with E-state index in [9.17, 15) is 4.79 Å². The zero-order valence-electron chi connectivity index (χ0n) is 10.4. The minimum atomic E-state index is 0.0752. The minimum absolute atomic E-state index is 0.0752. The Kier molecular flexibility index (Phi) is 3.33. The second-order valence-electron chi connectivity index (χ2n) is 4.73. The minimum Gasteiger partial charge on any atom is -0.398 e. The molecule has 2 N–H and O–H groups in total. The van der Waals surface area contributed by atoms with Crippen LogP contribution < -0.4 is 5.73 Å². The van der Waals surface area contributed by atoms with Crippen LogP contribution in [-0.2, 0) is 6.42 Å². The van der Waals surface area contributed by atoms with Gasteiger partial charge in [-0.05, 0) is 32.1 Å². The lowest BCUT2D eigenvalue weighted by Crippen LogP contribution is -2.41. The summed E-state index contributed by atoms with van der Waals surface area (Å²) >= 11 is 0. The van der Waals surface area contributed by atoms with Gasteiger partial charge in [-0.25, -0.2) is 0 Å². The van der Waals surface area contributed by atoms with Crippen LogP contribution in [0, 0.1) is 0 Å². The summed E-state index contributed by atoms with van der Waals surface area (Å²) < 4.78 is 0. The Morgan fingerprint density at radius 2 is 2.18 bits per heavy atom. The summed E-state index contributed by atoms with van der Waals surface area (Å²) in [6.45, 7) is 2.44. The molecule has 1 aliphatic rings. The Labute approximate surface area is 102 Å². The van der Waals surface area contributed by atoms with E-state index in [0.29, 0.717) is 11.3 Å². The second-order valence-corrected chi connectivity index (χ2v) is 4.73. The highest BCUT2D eigenvalue weighted by molar-refractivity contribution is 6.01. The molecular weight excluding hydrogens is 214 g/mol. The molecule has 0 aromatic heterocycles. The quantitative estimate of drug-likeness (QED) is 0.787. The molecule has 0 spiro atoms. The summed E-state index contributed by atoms with van der Waals surface area (Å²) in [5.74, 6) is 0.0752. The van der Waals surface area contributed by atoms with Gasteiger partial charge in [-0.15, -0.1) is 0 Å². The van der Waals surface area contributed by atoms with Crippen molar-refractivity contribution in [2.75, 3.05) is 39.5 Å². The van der Waals surface area contributed by atoms with Crippen molar-refractivity contribution in [2.45, 2.75) is 6.42 Å². The third-order valence-electron chi connectivity index (χ3n) is 3.15. The van der Waals surface area contributed by atoms with Crippen molar-refractivity contribution in [1.29, 1.82) is 0 Å². The zero-order valence-corrected chi connectivity index (χ0v) is 10.4. The number of carbonyl (C=O) groups is 1. The molecule has 1 heterocycles. The van der Waals surface area contributed by atoms with Gasteiger partial charge in [0.15, 0.2) is 0 Å². The Morgan fingerprint density at radius 1 is 1.41 bits per heavy atom. The fraction of sp³-hybridized carbons (Fsp3) is 0.462. The van der Waals surface area contributed by atoms with Gasteiger partial charge in [-0.2, -0.15) is 0 Å². The molecule has 2 rings (SSSR count). The predicted octanol–water partition coefficient (Wildman–Crippen LogP) is 0.829. The summed E-state index contributed by atoms with van der Waals surface area (Å²) in [5, 5.41) is 0. The first-order valence-electron chi connectivity index (χ1n) is 5.91. The van der Waals surface area contributed by atoms with Crippen molar-refractivity contribution in [2.24, 2.45) is 0 Å². The van der Waals surface area contributed by atoms with Crippen LogP contribution >= 0.6 is 0 Å². The third-order valence-corrected chi connectivity index (χ3v) is 3.15. The Morgan fingerprint density at radius 3 is 2.88 bits per heavy atom. The lowest BCUT2D eigenvalue weighted by atomic mass is 9.97. The Hall–Kier alpha value is -1.55. The first-order valence-corrected chi connectivity index (χ1v) is 5.91. The number of hydrogen-bond acceptors (Lipinski definition) is 3. The number of anilines is 1. The predicted molar refractivity (Wildman–Crippen MR) is 69.0 cm³/mol. The van der Waals surface area contributed by atoms with Gasteiger partial charge in [0.25, 0.3) is 5.91 Å². The number of nitrogens with two attached hydrogens (primary N) is 1. The maximum Gasteiger partial charge on any atom is 0.256 e. The molecule has 0 radical (unpaired) electrons. The van der Waals surface area contributed by atoms with E-state index in [-0.39, 0.29) is 5.91 Å². The standard InChI is InChI=1S/C13H19N3O/c1-15(2)8-9-16-7-6-10-4-3-5-11(14)12(10)13(16)17/h3-5H,6-9,14H2,1-2H3. The van der Waals surface area contributed by atoms with Gasteiger partial charge in [0.05, 0.1) is 5.56 Å². The molecule has 1 aliphatic heterocycles. The molecule has 17 heavy (non-hydrogen) atoms. The molecule has 4 nitrogen and oxygen atoms in total. The van der Waals surface area contributed by atoms with Crippen molar-refractivity contribution >= 4 is 11.6 Å². The molecule has 1 aromatic rings. The highest BCUT2D eigenvalue weighted by Gasteiger charge is 2.25. The summed E-state index contributed by atoms with van der Waals surface area (Å²) in [6, 6.07) is 5.70. The van der Waals surface area contributed by atoms with Crippen LogP contribution in [0.5, 0.6) is 0 Å². The Bertz CT molecular complexity index is 429. The maximum atomic E-state index is 12.3. The van der Waals surface area contributed by atoms with Crippen LogP contribution in [0.3, 0.4) is 0 Å². The fourth-order valence-corrected chi connectivity index (χ4v) is 2.14. The molecule has 0 bridgehead atoms. The number of nitrogen functional groups attached to an aromatic ring is 1. The van der Waals surface area contributed by atoms with Gasteiger partial charge >= 0.3 is 0 Å². The lowest BCUT2D eigenvalue weighted by molar-refractivity contribution is 0.0730. The number of amides is 1. The van der Waals surface area contributed by atoms with Crippen molar-refractivity contribution in [3.8, 4) is 0 Å². The van der Waals surface area contributed by atoms with Crippen molar-refractivity contribution in [1.82, 2.24) is 9.80 Å². The topological polar surface area (TPSA) is 49.6 Å². The monoisotopic (exact) mass is 233 g/mol. The van der Waals surface area contributed by atoms with Crippen molar-refractivity contribution in [3.63, 3.8) is 0 Å². The average molecular weight is 233 g/mol. The van der Waals surface area contributed by atoms with Gasteiger partial charge in [-0.3, -0.25) is 4.79 Å². The molecule has 0 aliphatic carbocycles. The van der Waals surface area contributed by atoms with E-state index in [2.05, 4.69) is 4.90 Å². The third kappa shape index (κ3) is 2.42. The molecule has 1 amide bonds. The fourth-order valence-electron chi connectivity index (χ4n) is 2.14. The largest absolute Gasteiger partial charge is 0.398 e. The van der Waals surface area contributed by atoms with E-state index >= 15 is 0 Å². The first-order chi connectivity index (χ1) is 8.09. The number of likely N-dealkylation sites (N-methyl/N-ethyl adjacent to an activating group) is 1. The van der Waals surface area contributed by atoms with Crippen LogP contribution in [0.4, 0.5) is 5.69 Å². The average Bonchev–Trinajstić information content (AvgIpc) is 2.28. The zero-order chi connectivity index (χ0) is 12.4. The molecule has 1 aromatic carbocycles. The number of hydrogen-bond donors (Lipinski definition) is 1. The van der Waals surface area contributed by atoms with E-state index in [1.54, 1.807) is 6.07 Å². The van der Waals surface area contributed by atoms with E-state index < -0.39 is 0 Å². The first kappa shape index (κ1) is 11.9. The molecule has 0 saturated heterocycles. The number of rotatable bonds is 3. The van der Waals surface area contributed by atoms with Gasteiger partial charge in [0.1, 0.15) is 0 Å². The maximum absolute atomic E-state index is 12.3. The van der Waals surface area contributed by atoms with E-state index in [1.165, 1.54) is 0 Å². The number of benzene rings is 1. The summed E-state index contributed by atoms with van der Waals surface area (Å²) in [5.41, 5.74) is 8.28. The van der Waals surface area contributed by atoms with Gasteiger partial charge in [-0.1, -0.05) is 12.1 Å². The number of carbonyl (C=O) groups excluding carboxylic acids is 1. The SMILES string of the molecule is CN(C)CCN1CCc2cccc(N)c2C1=O. The normalized spacial score (nSPS) is 15.2. The Balaban J connectivity index is 2.18. The number of nitrogens with zero attached hydrogens (tertiary/aromatic N) is 2. The van der Waals surface area contributed by atoms with Crippen molar-refractivity contribution in [3.05, 3.63) is 29.3 Å². The molecule has 0 atom stereocenters. The molecule has 0 saturated carbocycles. The molecule has 4 heteroatoms. The molecule has 0 unspecified atom stereocenters. The lowest BCUT2D eigenvalue weighted by Gasteiger charge is -2.30. The van der Waals surface area contributed by atoms with Gasteiger partial charge in [0.2, 0.25) is 0 Å². The highest BCUT2D eigenvalue weighted by atomic mass is 16.2. The van der Waals surface area contributed by atoms with E-state index in [4.69, 9.17) is 5.73 Å². The summed E-state index contributed by atoms with van der Waals surface area (Å²) in [4.78, 5) is 16.2. The van der Waals surface area contributed by atoms with Crippen LogP contribution in [-0.4, -0.2) is 49.4 Å². The van der Waals surface area contributed by atoms with Gasteiger partial charge in [0, 0.05) is 25.3 Å². The van der Waals surface area contributed by atoms with Crippen LogP contribution in [0.2, 0.25) is 0 Å². The molecular formula is C13H19N3O. The smallest absolute Gasteiger partial charge is 0.256 e. The van der Waals surface area contributed by atoms with Gasteiger partial charge < -0.3 is 15.5 Å². The molecule has 92 valence electrons. The van der Waals surface area contributed by atoms with Crippen LogP contribution in [0.15, 0.2) is 18.2 Å². The summed E-state index contributed by atoms with van der Waals surface area (Å²) in [6.07, 6.45) is 0.902. The summed E-state index contributed by atoms with van der Waals surface area (Å²) in [7, 11) is 4.02. The van der Waals surface area contributed by atoms with E-state index in [1.807, 2.05) is 31.1 Å².